The van der Waals surface area contributed by atoms with Gasteiger partial charge in [0.25, 0.3) is 0 Å². The first-order valence-electron chi connectivity index (χ1n) is 3.39. The molecule has 1 nitrogen and oxygen atoms in total. The molecule has 0 spiro atoms. The van der Waals surface area contributed by atoms with Crippen molar-refractivity contribution in [3.05, 3.63) is 29.8 Å². The molecule has 2 heteroatoms. The molecule has 11 heavy (non-hydrogen) atoms. The molecule has 0 saturated carbocycles. The number of hydrogen-bond acceptors (Lipinski definition) is 1. The zero-order valence-electron chi connectivity index (χ0n) is 6.83. The second kappa shape index (κ2) is 2.70. The van der Waals surface area contributed by atoms with Gasteiger partial charge in [-0.05, 0) is 34.4 Å². The Morgan fingerprint density at radius 1 is 1.27 bits per heavy atom. The average molecular weight is 168 g/mol. The molecule has 0 aliphatic heterocycles. The summed E-state index contributed by atoms with van der Waals surface area (Å²) in [7, 11) is -2.02. The van der Waals surface area contributed by atoms with Gasteiger partial charge in [0.05, 0.1) is 0 Å². The summed E-state index contributed by atoms with van der Waals surface area (Å²) >= 11 is 0. The van der Waals surface area contributed by atoms with Crippen LogP contribution >= 0.6 is 0 Å². The van der Waals surface area contributed by atoms with Crippen LogP contribution in [-0.2, 0) is 9.52 Å². The van der Waals surface area contributed by atoms with Gasteiger partial charge in [-0.3, -0.25) is 4.21 Å². The van der Waals surface area contributed by atoms with Crippen molar-refractivity contribution in [3.63, 3.8) is 0 Å². The molecule has 1 rings (SSSR count). The fourth-order valence-corrected chi connectivity index (χ4v) is 1.54. The molecule has 0 bridgehead atoms. The predicted molar refractivity (Wildman–Crippen MR) is 50.6 cm³/mol. The molecule has 0 aliphatic rings. The topological polar surface area (TPSA) is 17.1 Å². The molecule has 0 N–H and O–H groups in total. The van der Waals surface area contributed by atoms with Crippen molar-refractivity contribution in [2.24, 2.45) is 0 Å². The highest BCUT2D eigenvalue weighted by Gasteiger charge is 1.97. The summed E-state index contributed by atoms with van der Waals surface area (Å²) in [6.07, 6.45) is 1.65. The second-order valence-corrected chi connectivity index (χ2v) is 5.30. The van der Waals surface area contributed by atoms with Crippen LogP contribution in [0, 0.1) is 6.92 Å². The predicted octanol–water partition coefficient (Wildman–Crippen LogP) is 1.70. The Hall–Kier alpha value is -0.760. The Bertz CT molecular complexity index is 332. The zero-order valence-corrected chi connectivity index (χ0v) is 7.65. The van der Waals surface area contributed by atoms with E-state index in [1.54, 1.807) is 6.26 Å². The van der Waals surface area contributed by atoms with Crippen LogP contribution in [0.25, 0.3) is 0 Å². The molecular formula is C9H12OS. The Balaban J connectivity index is 3.20. The number of aryl methyl sites for hydroxylation is 1. The van der Waals surface area contributed by atoms with E-state index in [1.165, 1.54) is 5.56 Å². The van der Waals surface area contributed by atoms with Crippen LogP contribution in [0.15, 0.2) is 29.2 Å². The molecule has 0 fully saturated rings. The minimum Gasteiger partial charge on any atom is -0.263 e. The molecule has 1 unspecified atom stereocenters. The molecule has 0 amide bonds. The van der Waals surface area contributed by atoms with Gasteiger partial charge in [-0.25, -0.2) is 0 Å². The molecule has 1 aromatic carbocycles. The van der Waals surface area contributed by atoms with Gasteiger partial charge in [0, 0.05) is 11.2 Å². The maximum Gasteiger partial charge on any atom is 0.0302 e. The Morgan fingerprint density at radius 3 is 2.09 bits per heavy atom. The van der Waals surface area contributed by atoms with Gasteiger partial charge in [0.2, 0.25) is 0 Å². The first-order chi connectivity index (χ1) is 5.00. The van der Waals surface area contributed by atoms with Crippen molar-refractivity contribution in [3.8, 4) is 0 Å². The molecule has 0 aliphatic carbocycles. The van der Waals surface area contributed by atoms with Gasteiger partial charge in [-0.15, -0.1) is 0 Å². The maximum atomic E-state index is 11.4. The van der Waals surface area contributed by atoms with Gasteiger partial charge < -0.3 is 0 Å². The minimum atomic E-state index is -2.02. The summed E-state index contributed by atoms with van der Waals surface area (Å²) in [5.41, 5.74) is 1.18. The minimum absolute atomic E-state index is 0.822. The van der Waals surface area contributed by atoms with E-state index in [2.05, 4.69) is 5.87 Å². The average Bonchev–Trinajstić information content (AvgIpc) is 1.86. The second-order valence-electron chi connectivity index (χ2n) is 2.82. The summed E-state index contributed by atoms with van der Waals surface area (Å²) in [5.74, 6) is 3.60. The highest BCUT2D eigenvalue weighted by Crippen LogP contribution is 2.08. The van der Waals surface area contributed by atoms with Crippen molar-refractivity contribution in [2.45, 2.75) is 11.8 Å². The third-order valence-corrected chi connectivity index (χ3v) is 2.79. The number of rotatable bonds is 1. The first kappa shape index (κ1) is 8.34. The third-order valence-electron chi connectivity index (χ3n) is 1.52. The van der Waals surface area contributed by atoms with Crippen molar-refractivity contribution in [1.82, 2.24) is 0 Å². The SMILES string of the molecule is C=S(C)(=O)c1ccc(C)cc1. The van der Waals surface area contributed by atoms with Crippen molar-refractivity contribution >= 4 is 15.4 Å². The quantitative estimate of drug-likeness (QED) is 0.583. The molecule has 0 radical (unpaired) electrons. The van der Waals surface area contributed by atoms with Crippen molar-refractivity contribution < 1.29 is 4.21 Å². The normalized spacial score (nSPS) is 15.8. The summed E-state index contributed by atoms with van der Waals surface area (Å²) < 4.78 is 11.4. The van der Waals surface area contributed by atoms with Gasteiger partial charge in [0.1, 0.15) is 0 Å². The van der Waals surface area contributed by atoms with Gasteiger partial charge in [0.15, 0.2) is 0 Å². The van der Waals surface area contributed by atoms with E-state index in [-0.39, 0.29) is 0 Å². The highest BCUT2D eigenvalue weighted by atomic mass is 32.2. The molecule has 0 saturated heterocycles. The largest absolute Gasteiger partial charge is 0.263 e. The standard InChI is InChI=1S/C9H12OS/c1-8-4-6-9(7-5-8)11(2,3)10/h4-7H,2H2,1,3H3. The van der Waals surface area contributed by atoms with E-state index in [4.69, 9.17) is 0 Å². The van der Waals surface area contributed by atoms with Gasteiger partial charge in [-0.2, -0.15) is 0 Å². The van der Waals surface area contributed by atoms with Crippen LogP contribution in [0.5, 0.6) is 0 Å². The van der Waals surface area contributed by atoms with Crippen LogP contribution in [0.4, 0.5) is 0 Å². The lowest BCUT2D eigenvalue weighted by Gasteiger charge is -2.01. The maximum absolute atomic E-state index is 11.4. The number of hydrogen-bond donors (Lipinski definition) is 0. The lowest BCUT2D eigenvalue weighted by molar-refractivity contribution is 0.685. The summed E-state index contributed by atoms with van der Waals surface area (Å²) in [6.45, 7) is 2.00. The summed E-state index contributed by atoms with van der Waals surface area (Å²) in [6, 6.07) is 7.63. The van der Waals surface area contributed by atoms with Crippen LogP contribution in [0.1, 0.15) is 5.56 Å². The smallest absolute Gasteiger partial charge is 0.0302 e. The van der Waals surface area contributed by atoms with Crippen LogP contribution < -0.4 is 0 Å². The summed E-state index contributed by atoms with van der Waals surface area (Å²) in [4.78, 5) is 0.822. The van der Waals surface area contributed by atoms with E-state index in [9.17, 15) is 4.21 Å². The fraction of sp³-hybridized carbons (Fsp3) is 0.222. The van der Waals surface area contributed by atoms with Crippen LogP contribution in [0.2, 0.25) is 0 Å². The van der Waals surface area contributed by atoms with Crippen LogP contribution in [-0.4, -0.2) is 16.3 Å². The lowest BCUT2D eigenvalue weighted by atomic mass is 10.2. The van der Waals surface area contributed by atoms with E-state index in [1.807, 2.05) is 31.2 Å². The van der Waals surface area contributed by atoms with Crippen molar-refractivity contribution in [2.75, 3.05) is 6.26 Å². The molecule has 0 heterocycles. The lowest BCUT2D eigenvalue weighted by Crippen LogP contribution is -1.95. The summed E-state index contributed by atoms with van der Waals surface area (Å²) in [5, 5.41) is 0. The Morgan fingerprint density at radius 2 is 1.73 bits per heavy atom. The molecule has 1 aromatic rings. The fourth-order valence-electron chi connectivity index (χ4n) is 0.826. The van der Waals surface area contributed by atoms with Crippen LogP contribution in [0.3, 0.4) is 0 Å². The van der Waals surface area contributed by atoms with Crippen molar-refractivity contribution in [1.29, 1.82) is 0 Å². The van der Waals surface area contributed by atoms with E-state index in [0.29, 0.717) is 0 Å². The molecule has 1 atom stereocenters. The Kier molecular flexibility index (Phi) is 2.05. The molecular weight excluding hydrogens is 156 g/mol. The zero-order chi connectivity index (χ0) is 8.48. The third kappa shape index (κ3) is 2.09. The molecule has 0 aromatic heterocycles. The monoisotopic (exact) mass is 168 g/mol. The first-order valence-corrected chi connectivity index (χ1v) is 5.52. The van der Waals surface area contributed by atoms with Gasteiger partial charge >= 0.3 is 0 Å². The number of benzene rings is 1. The van der Waals surface area contributed by atoms with E-state index in [0.717, 1.165) is 4.90 Å². The van der Waals surface area contributed by atoms with Gasteiger partial charge in [-0.1, -0.05) is 17.7 Å². The molecule has 60 valence electrons. The highest BCUT2D eigenvalue weighted by molar-refractivity contribution is 7.99. The Labute approximate surface area is 68.1 Å². The van der Waals surface area contributed by atoms with E-state index < -0.39 is 9.52 Å². The van der Waals surface area contributed by atoms with E-state index >= 15 is 0 Å².